The van der Waals surface area contributed by atoms with Crippen molar-refractivity contribution in [2.24, 2.45) is 0 Å². The van der Waals surface area contributed by atoms with Gasteiger partial charge in [0.05, 0.1) is 10.5 Å². The van der Waals surface area contributed by atoms with E-state index in [0.29, 0.717) is 18.9 Å². The van der Waals surface area contributed by atoms with Gasteiger partial charge in [0, 0.05) is 19.1 Å². The van der Waals surface area contributed by atoms with E-state index < -0.39 is 38.9 Å². The Morgan fingerprint density at radius 1 is 1.00 bits per heavy atom. The summed E-state index contributed by atoms with van der Waals surface area (Å²) < 4.78 is 68.1. The fourth-order valence-corrected chi connectivity index (χ4v) is 4.62. The summed E-state index contributed by atoms with van der Waals surface area (Å²) >= 11 is 0. The molecule has 2 aromatic rings. The van der Waals surface area contributed by atoms with E-state index in [1.54, 1.807) is 12.1 Å². The Kier molecular flexibility index (Phi) is 6.00. The number of likely N-dealkylation sites (tertiary alicyclic amines) is 1. The van der Waals surface area contributed by atoms with Crippen LogP contribution in [0.2, 0.25) is 0 Å². The van der Waals surface area contributed by atoms with Crippen LogP contribution in [0, 0.1) is 31.3 Å². The monoisotopic (exact) mass is 426 g/mol. The van der Waals surface area contributed by atoms with Gasteiger partial charge in [-0.1, -0.05) is 6.07 Å². The van der Waals surface area contributed by atoms with Crippen molar-refractivity contribution in [2.45, 2.75) is 37.6 Å². The average molecular weight is 426 g/mol. The Labute approximate surface area is 167 Å². The van der Waals surface area contributed by atoms with Crippen molar-refractivity contribution in [3.63, 3.8) is 0 Å². The predicted molar refractivity (Wildman–Crippen MR) is 101 cm³/mol. The van der Waals surface area contributed by atoms with Crippen molar-refractivity contribution in [1.82, 2.24) is 9.62 Å². The number of nitrogens with zero attached hydrogens (tertiary/aromatic N) is 1. The number of carbonyl (C=O) groups is 1. The molecule has 0 saturated carbocycles. The first-order chi connectivity index (χ1) is 13.6. The van der Waals surface area contributed by atoms with Crippen molar-refractivity contribution >= 4 is 15.9 Å². The van der Waals surface area contributed by atoms with Crippen LogP contribution in [0.3, 0.4) is 0 Å². The summed E-state index contributed by atoms with van der Waals surface area (Å²) in [6.07, 6.45) is 0.641. The molecule has 9 heteroatoms. The molecule has 1 amide bonds. The van der Waals surface area contributed by atoms with Gasteiger partial charge >= 0.3 is 0 Å². The summed E-state index contributed by atoms with van der Waals surface area (Å²) in [5, 5.41) is 0. The highest BCUT2D eigenvalue weighted by atomic mass is 32.2. The molecule has 0 bridgehead atoms. The van der Waals surface area contributed by atoms with Gasteiger partial charge in [0.1, 0.15) is 0 Å². The van der Waals surface area contributed by atoms with Gasteiger partial charge < -0.3 is 4.90 Å². The molecule has 0 spiro atoms. The maximum Gasteiger partial charge on any atom is 0.256 e. The molecule has 1 aliphatic heterocycles. The molecule has 0 unspecified atom stereocenters. The predicted octanol–water partition coefficient (Wildman–Crippen LogP) is 3.30. The fraction of sp³-hybridized carbons (Fsp3) is 0.350. The van der Waals surface area contributed by atoms with E-state index >= 15 is 0 Å². The molecule has 3 rings (SSSR count). The van der Waals surface area contributed by atoms with Crippen LogP contribution in [-0.2, 0) is 10.0 Å². The van der Waals surface area contributed by atoms with Gasteiger partial charge in [-0.05, 0) is 62.1 Å². The first-order valence-electron chi connectivity index (χ1n) is 9.12. The highest BCUT2D eigenvalue weighted by Gasteiger charge is 2.29. The lowest BCUT2D eigenvalue weighted by Crippen LogP contribution is -2.46. The topological polar surface area (TPSA) is 66.5 Å². The summed E-state index contributed by atoms with van der Waals surface area (Å²) in [5.74, 6) is -5.32. The molecule has 1 saturated heterocycles. The normalized spacial score (nSPS) is 15.6. The van der Waals surface area contributed by atoms with Crippen molar-refractivity contribution in [3.8, 4) is 0 Å². The van der Waals surface area contributed by atoms with Gasteiger partial charge in [0.2, 0.25) is 10.0 Å². The Morgan fingerprint density at radius 3 is 2.28 bits per heavy atom. The number of nitrogens with one attached hydrogen (secondary N) is 1. The van der Waals surface area contributed by atoms with Crippen LogP contribution < -0.4 is 4.72 Å². The minimum absolute atomic E-state index is 0.164. The van der Waals surface area contributed by atoms with E-state index in [-0.39, 0.29) is 24.0 Å². The molecular weight excluding hydrogens is 405 g/mol. The zero-order valence-corrected chi connectivity index (χ0v) is 16.8. The molecule has 1 aliphatic rings. The largest absolute Gasteiger partial charge is 0.338 e. The molecule has 1 N–H and O–H groups in total. The van der Waals surface area contributed by atoms with Crippen LogP contribution in [-0.4, -0.2) is 38.4 Å². The molecule has 1 fully saturated rings. The van der Waals surface area contributed by atoms with Crippen LogP contribution in [0.4, 0.5) is 13.2 Å². The Hall–Kier alpha value is -2.39. The number of halogens is 3. The third-order valence-corrected chi connectivity index (χ3v) is 6.68. The van der Waals surface area contributed by atoms with E-state index in [9.17, 15) is 26.4 Å². The van der Waals surface area contributed by atoms with Gasteiger partial charge in [-0.15, -0.1) is 0 Å². The molecule has 2 aromatic carbocycles. The molecule has 1 heterocycles. The first-order valence-corrected chi connectivity index (χ1v) is 10.6. The third kappa shape index (κ3) is 4.45. The van der Waals surface area contributed by atoms with E-state index in [0.717, 1.165) is 17.2 Å². The first kappa shape index (κ1) is 21.3. The number of benzene rings is 2. The number of hydrogen-bond acceptors (Lipinski definition) is 3. The van der Waals surface area contributed by atoms with E-state index in [1.165, 1.54) is 11.0 Å². The number of carbonyl (C=O) groups excluding carboxylic acids is 1. The minimum atomic E-state index is -3.71. The summed E-state index contributed by atoms with van der Waals surface area (Å²) in [6.45, 7) is 4.05. The molecule has 0 aliphatic carbocycles. The lowest BCUT2D eigenvalue weighted by Gasteiger charge is -2.32. The molecule has 5 nitrogen and oxygen atoms in total. The van der Waals surface area contributed by atoms with Crippen LogP contribution >= 0.6 is 0 Å². The Balaban J connectivity index is 1.65. The Morgan fingerprint density at radius 2 is 1.66 bits per heavy atom. The molecule has 0 aromatic heterocycles. The minimum Gasteiger partial charge on any atom is -0.338 e. The number of piperidine rings is 1. The van der Waals surface area contributed by atoms with E-state index in [4.69, 9.17) is 0 Å². The van der Waals surface area contributed by atoms with Gasteiger partial charge in [-0.3, -0.25) is 4.79 Å². The second-order valence-corrected chi connectivity index (χ2v) is 8.87. The van der Waals surface area contributed by atoms with Crippen molar-refractivity contribution < 1.29 is 26.4 Å². The molecule has 0 atom stereocenters. The van der Waals surface area contributed by atoms with E-state index in [1.807, 2.05) is 13.8 Å². The van der Waals surface area contributed by atoms with Crippen molar-refractivity contribution in [3.05, 3.63) is 64.5 Å². The summed E-state index contributed by atoms with van der Waals surface area (Å²) in [5.41, 5.74) is 1.31. The van der Waals surface area contributed by atoms with Gasteiger partial charge in [-0.25, -0.2) is 26.3 Å². The quantitative estimate of drug-likeness (QED) is 0.763. The van der Waals surface area contributed by atoms with Crippen molar-refractivity contribution in [2.75, 3.05) is 13.1 Å². The number of amides is 1. The third-order valence-electron chi connectivity index (χ3n) is 5.16. The van der Waals surface area contributed by atoms with Crippen LogP contribution in [0.15, 0.2) is 35.2 Å². The molecule has 29 heavy (non-hydrogen) atoms. The standard InChI is InChI=1S/C20H21F3N2O3S/c1-12-3-4-15(11-13(12)2)29(27,28)24-14-7-9-25(10-8-14)20(26)16-5-6-17(21)19(23)18(16)22/h3-6,11,14,24H,7-10H2,1-2H3. The maximum atomic E-state index is 13.9. The maximum absolute atomic E-state index is 13.9. The number of hydrogen-bond donors (Lipinski definition) is 1. The molecule has 0 radical (unpaired) electrons. The smallest absolute Gasteiger partial charge is 0.256 e. The fourth-order valence-electron chi connectivity index (χ4n) is 3.23. The molecule has 156 valence electrons. The highest BCUT2D eigenvalue weighted by molar-refractivity contribution is 7.89. The number of rotatable bonds is 4. The van der Waals surface area contributed by atoms with Crippen LogP contribution in [0.25, 0.3) is 0 Å². The second kappa shape index (κ2) is 8.16. The number of sulfonamides is 1. The lowest BCUT2D eigenvalue weighted by atomic mass is 10.0. The SMILES string of the molecule is Cc1ccc(S(=O)(=O)NC2CCN(C(=O)c3ccc(F)c(F)c3F)CC2)cc1C. The average Bonchev–Trinajstić information content (AvgIpc) is 2.68. The van der Waals surface area contributed by atoms with Crippen molar-refractivity contribution in [1.29, 1.82) is 0 Å². The molecular formula is C20H21F3N2O3S. The zero-order chi connectivity index (χ0) is 21.3. The van der Waals surface area contributed by atoms with Gasteiger partial charge in [0.15, 0.2) is 17.5 Å². The summed E-state index contributed by atoms with van der Waals surface area (Å²) in [7, 11) is -3.71. The second-order valence-electron chi connectivity index (χ2n) is 7.16. The van der Waals surface area contributed by atoms with Crippen LogP contribution in [0.1, 0.15) is 34.3 Å². The summed E-state index contributed by atoms with van der Waals surface area (Å²) in [6, 6.07) is 6.10. The Bertz CT molecular complexity index is 1050. The zero-order valence-electron chi connectivity index (χ0n) is 16.0. The van der Waals surface area contributed by atoms with E-state index in [2.05, 4.69) is 4.72 Å². The highest BCUT2D eigenvalue weighted by Crippen LogP contribution is 2.21. The summed E-state index contributed by atoms with van der Waals surface area (Å²) in [4.78, 5) is 13.9. The number of aryl methyl sites for hydroxylation is 2. The van der Waals surface area contributed by atoms with Gasteiger partial charge in [-0.2, -0.15) is 0 Å². The van der Waals surface area contributed by atoms with Gasteiger partial charge in [0.25, 0.3) is 5.91 Å². The lowest BCUT2D eigenvalue weighted by molar-refractivity contribution is 0.0705. The van der Waals surface area contributed by atoms with Crippen LogP contribution in [0.5, 0.6) is 0 Å².